The van der Waals surface area contributed by atoms with Crippen LogP contribution in [0.15, 0.2) is 0 Å². The van der Waals surface area contributed by atoms with E-state index in [1.54, 1.807) is 18.9 Å². The van der Waals surface area contributed by atoms with E-state index in [2.05, 4.69) is 10.6 Å². The summed E-state index contributed by atoms with van der Waals surface area (Å²) in [4.78, 5) is 22.4. The predicted molar refractivity (Wildman–Crippen MR) is 63.4 cm³/mol. The molecule has 0 spiro atoms. The van der Waals surface area contributed by atoms with Gasteiger partial charge in [-0.05, 0) is 6.42 Å². The number of nitrogens with one attached hydrogen (secondary N) is 2. The highest BCUT2D eigenvalue weighted by Gasteiger charge is 2.19. The van der Waals surface area contributed by atoms with Crippen LogP contribution in [0.4, 0.5) is 0 Å². The molecule has 1 saturated heterocycles. The summed E-state index contributed by atoms with van der Waals surface area (Å²) in [5.74, 6) is 1.38. The molecule has 0 saturated carbocycles. The van der Waals surface area contributed by atoms with Crippen molar-refractivity contribution in [1.82, 2.24) is 10.6 Å². The Balaban J connectivity index is 2.07. The fourth-order valence-corrected chi connectivity index (χ4v) is 2.13. The van der Waals surface area contributed by atoms with Gasteiger partial charge in [-0.1, -0.05) is 0 Å². The lowest BCUT2D eigenvalue weighted by atomic mass is 10.1. The number of thioether (sulfide) groups is 1. The number of amides is 2. The lowest BCUT2D eigenvalue weighted by Gasteiger charge is -2.23. The van der Waals surface area contributed by atoms with Crippen molar-refractivity contribution in [2.45, 2.75) is 18.9 Å². The summed E-state index contributed by atoms with van der Waals surface area (Å²) in [6, 6.07) is 0.0909. The molecule has 16 heavy (non-hydrogen) atoms. The minimum atomic E-state index is 0.0299. The highest BCUT2D eigenvalue weighted by atomic mass is 32.2. The molecule has 1 aliphatic rings. The Kier molecular flexibility index (Phi) is 6.25. The van der Waals surface area contributed by atoms with Gasteiger partial charge in [0.25, 0.3) is 0 Å². The number of ether oxygens (including phenoxy) is 1. The molecule has 0 aromatic carbocycles. The first-order valence-electron chi connectivity index (χ1n) is 5.35. The Morgan fingerprint density at radius 2 is 2.50 bits per heavy atom. The number of carbonyl (C=O) groups excluding carboxylic acids is 2. The van der Waals surface area contributed by atoms with Crippen LogP contribution in [0, 0.1) is 0 Å². The van der Waals surface area contributed by atoms with Gasteiger partial charge in [0.15, 0.2) is 0 Å². The van der Waals surface area contributed by atoms with E-state index in [-0.39, 0.29) is 17.9 Å². The maximum Gasteiger partial charge on any atom is 0.230 e. The molecule has 0 aromatic heterocycles. The third kappa shape index (κ3) is 5.37. The molecule has 1 aliphatic heterocycles. The van der Waals surface area contributed by atoms with Crippen molar-refractivity contribution < 1.29 is 14.3 Å². The number of piperidine rings is 1. The summed E-state index contributed by atoms with van der Waals surface area (Å²) < 4.78 is 4.89. The van der Waals surface area contributed by atoms with Crippen LogP contribution in [0.5, 0.6) is 0 Å². The van der Waals surface area contributed by atoms with Crippen LogP contribution in [-0.4, -0.2) is 49.6 Å². The molecule has 1 heterocycles. The summed E-state index contributed by atoms with van der Waals surface area (Å²) in [6.45, 7) is 1.21. The van der Waals surface area contributed by atoms with Gasteiger partial charge >= 0.3 is 0 Å². The highest BCUT2D eigenvalue weighted by molar-refractivity contribution is 7.99. The van der Waals surface area contributed by atoms with E-state index in [0.29, 0.717) is 25.3 Å². The zero-order valence-corrected chi connectivity index (χ0v) is 10.3. The average molecular weight is 246 g/mol. The lowest BCUT2D eigenvalue weighted by Crippen LogP contribution is -2.48. The first-order valence-corrected chi connectivity index (χ1v) is 6.50. The number of rotatable bonds is 6. The van der Waals surface area contributed by atoms with E-state index in [1.807, 2.05) is 0 Å². The van der Waals surface area contributed by atoms with Gasteiger partial charge in [-0.25, -0.2) is 0 Å². The highest BCUT2D eigenvalue weighted by Crippen LogP contribution is 2.04. The van der Waals surface area contributed by atoms with Gasteiger partial charge in [0.2, 0.25) is 11.8 Å². The van der Waals surface area contributed by atoms with Crippen LogP contribution in [-0.2, 0) is 14.3 Å². The molecule has 1 atom stereocenters. The number of hydrogen-bond donors (Lipinski definition) is 2. The summed E-state index contributed by atoms with van der Waals surface area (Å²) >= 11 is 1.55. The maximum atomic E-state index is 11.5. The van der Waals surface area contributed by atoms with E-state index >= 15 is 0 Å². The fourth-order valence-electron chi connectivity index (χ4n) is 1.43. The molecule has 2 amide bonds. The lowest BCUT2D eigenvalue weighted by molar-refractivity contribution is -0.124. The summed E-state index contributed by atoms with van der Waals surface area (Å²) in [5.41, 5.74) is 0. The van der Waals surface area contributed by atoms with Gasteiger partial charge in [-0.15, -0.1) is 11.8 Å². The summed E-state index contributed by atoms with van der Waals surface area (Å²) in [5, 5.41) is 5.63. The minimum Gasteiger partial charge on any atom is -0.384 e. The molecule has 0 aromatic rings. The zero-order valence-electron chi connectivity index (χ0n) is 9.45. The quantitative estimate of drug-likeness (QED) is 0.635. The van der Waals surface area contributed by atoms with Crippen LogP contribution in [0.1, 0.15) is 12.8 Å². The second-order valence-corrected chi connectivity index (χ2v) is 4.76. The second-order valence-electron chi connectivity index (χ2n) is 3.65. The van der Waals surface area contributed by atoms with E-state index in [4.69, 9.17) is 4.74 Å². The van der Waals surface area contributed by atoms with Crippen molar-refractivity contribution in [2.24, 2.45) is 0 Å². The molecule has 0 bridgehead atoms. The van der Waals surface area contributed by atoms with Crippen molar-refractivity contribution in [1.29, 1.82) is 0 Å². The van der Waals surface area contributed by atoms with E-state index in [9.17, 15) is 9.59 Å². The first kappa shape index (κ1) is 13.3. The van der Waals surface area contributed by atoms with E-state index in [1.165, 1.54) is 0 Å². The van der Waals surface area contributed by atoms with Gasteiger partial charge in [0.1, 0.15) is 0 Å². The Morgan fingerprint density at radius 1 is 1.69 bits per heavy atom. The standard InChI is InChI=1S/C10H18N2O3S/c1-15-4-5-16-7-10(14)12-8-2-3-9(13)11-6-8/h8H,2-7H2,1H3,(H,11,13)(H,12,14). The number of carbonyl (C=O) groups is 2. The van der Waals surface area contributed by atoms with Gasteiger partial charge in [-0.2, -0.15) is 0 Å². The van der Waals surface area contributed by atoms with Crippen LogP contribution in [0.2, 0.25) is 0 Å². The van der Waals surface area contributed by atoms with E-state index in [0.717, 1.165) is 12.2 Å². The smallest absolute Gasteiger partial charge is 0.230 e. The normalized spacial score (nSPS) is 20.3. The van der Waals surface area contributed by atoms with Crippen molar-refractivity contribution >= 4 is 23.6 Å². The molecule has 6 heteroatoms. The van der Waals surface area contributed by atoms with Gasteiger partial charge in [0.05, 0.1) is 12.4 Å². The fraction of sp³-hybridized carbons (Fsp3) is 0.800. The monoisotopic (exact) mass is 246 g/mol. The Hall–Kier alpha value is -0.750. The van der Waals surface area contributed by atoms with Crippen LogP contribution >= 0.6 is 11.8 Å². The molecule has 1 unspecified atom stereocenters. The Morgan fingerprint density at radius 3 is 3.12 bits per heavy atom. The average Bonchev–Trinajstić information content (AvgIpc) is 2.28. The topological polar surface area (TPSA) is 67.4 Å². The first-order chi connectivity index (χ1) is 7.72. The molecule has 0 radical (unpaired) electrons. The number of hydrogen-bond acceptors (Lipinski definition) is 4. The van der Waals surface area contributed by atoms with Crippen LogP contribution < -0.4 is 10.6 Å². The Labute approximate surface area is 99.7 Å². The van der Waals surface area contributed by atoms with Crippen molar-refractivity contribution in [2.75, 3.05) is 31.8 Å². The van der Waals surface area contributed by atoms with Crippen LogP contribution in [0.25, 0.3) is 0 Å². The zero-order chi connectivity index (χ0) is 11.8. The third-order valence-electron chi connectivity index (χ3n) is 2.30. The molecular formula is C10H18N2O3S. The predicted octanol–water partition coefficient (Wildman–Crippen LogP) is -0.239. The molecule has 2 N–H and O–H groups in total. The van der Waals surface area contributed by atoms with Gasteiger partial charge in [0, 0.05) is 31.9 Å². The molecule has 0 aliphatic carbocycles. The van der Waals surface area contributed by atoms with E-state index < -0.39 is 0 Å². The molecule has 1 rings (SSSR count). The number of methoxy groups -OCH3 is 1. The summed E-state index contributed by atoms with van der Waals surface area (Å²) in [7, 11) is 1.64. The van der Waals surface area contributed by atoms with Crippen molar-refractivity contribution in [3.05, 3.63) is 0 Å². The second kappa shape index (κ2) is 7.51. The minimum absolute atomic E-state index is 0.0299. The maximum absolute atomic E-state index is 11.5. The summed E-state index contributed by atoms with van der Waals surface area (Å²) in [6.07, 6.45) is 1.24. The molecule has 92 valence electrons. The van der Waals surface area contributed by atoms with Crippen LogP contribution in [0.3, 0.4) is 0 Å². The SMILES string of the molecule is COCCSCC(=O)NC1CCC(=O)NC1. The van der Waals surface area contributed by atoms with Gasteiger partial charge < -0.3 is 15.4 Å². The van der Waals surface area contributed by atoms with Crippen molar-refractivity contribution in [3.8, 4) is 0 Å². The molecule has 1 fully saturated rings. The largest absolute Gasteiger partial charge is 0.384 e. The molecule has 5 nitrogen and oxygen atoms in total. The molecular weight excluding hydrogens is 228 g/mol. The third-order valence-corrected chi connectivity index (χ3v) is 3.22. The Bertz CT molecular complexity index is 238. The van der Waals surface area contributed by atoms with Crippen molar-refractivity contribution in [3.63, 3.8) is 0 Å². The van der Waals surface area contributed by atoms with Gasteiger partial charge in [-0.3, -0.25) is 9.59 Å².